The molecular formula is C11H25NO2. The second kappa shape index (κ2) is 11.0. The molecule has 86 valence electrons. The molecule has 0 saturated carbocycles. The van der Waals surface area contributed by atoms with Crippen molar-refractivity contribution < 1.29 is 9.47 Å². The third-order valence-corrected chi connectivity index (χ3v) is 2.01. The molecule has 0 heterocycles. The summed E-state index contributed by atoms with van der Waals surface area (Å²) < 4.78 is 10.7. The summed E-state index contributed by atoms with van der Waals surface area (Å²) in [6.07, 6.45) is 4.48. The molecule has 0 fully saturated rings. The molecule has 0 amide bonds. The van der Waals surface area contributed by atoms with Crippen LogP contribution in [0.15, 0.2) is 0 Å². The summed E-state index contributed by atoms with van der Waals surface area (Å²) in [5.74, 6) is 0. The fraction of sp³-hybridized carbons (Fsp3) is 1.00. The van der Waals surface area contributed by atoms with Gasteiger partial charge in [0.2, 0.25) is 0 Å². The summed E-state index contributed by atoms with van der Waals surface area (Å²) in [7, 11) is 0. The number of hydrogen-bond acceptors (Lipinski definition) is 3. The molecule has 1 unspecified atom stereocenters. The third-order valence-electron chi connectivity index (χ3n) is 2.01. The molecular weight excluding hydrogens is 178 g/mol. The Bertz CT molecular complexity index is 109. The van der Waals surface area contributed by atoms with Gasteiger partial charge in [-0.1, -0.05) is 26.7 Å². The zero-order valence-electron chi connectivity index (χ0n) is 9.63. The largest absolute Gasteiger partial charge is 0.379 e. The molecule has 2 N–H and O–H groups in total. The first-order valence-electron chi connectivity index (χ1n) is 5.72. The minimum Gasteiger partial charge on any atom is -0.379 e. The number of nitrogens with two attached hydrogens (primary N) is 1. The van der Waals surface area contributed by atoms with E-state index in [1.807, 2.05) is 0 Å². The summed E-state index contributed by atoms with van der Waals surface area (Å²) in [5, 5.41) is 0. The Hall–Kier alpha value is -0.120. The van der Waals surface area contributed by atoms with Crippen LogP contribution in [-0.4, -0.2) is 32.5 Å². The molecule has 0 spiro atoms. The van der Waals surface area contributed by atoms with Crippen molar-refractivity contribution in [2.24, 2.45) is 5.73 Å². The number of ether oxygens (including phenoxy) is 2. The number of rotatable bonds is 10. The zero-order chi connectivity index (χ0) is 10.6. The highest BCUT2D eigenvalue weighted by atomic mass is 16.5. The van der Waals surface area contributed by atoms with Crippen LogP contribution in [0, 0.1) is 0 Å². The van der Waals surface area contributed by atoms with Gasteiger partial charge in [0.15, 0.2) is 0 Å². The van der Waals surface area contributed by atoms with E-state index in [0.717, 1.165) is 25.9 Å². The van der Waals surface area contributed by atoms with Crippen LogP contribution in [-0.2, 0) is 9.47 Å². The predicted octanol–water partition coefficient (Wildman–Crippen LogP) is 1.95. The van der Waals surface area contributed by atoms with Gasteiger partial charge in [-0.05, 0) is 12.8 Å². The summed E-state index contributed by atoms with van der Waals surface area (Å²) in [6, 6.07) is 0.190. The molecule has 0 aromatic heterocycles. The molecule has 0 aromatic rings. The van der Waals surface area contributed by atoms with Gasteiger partial charge in [-0.3, -0.25) is 0 Å². The van der Waals surface area contributed by atoms with Crippen molar-refractivity contribution >= 4 is 0 Å². The number of hydrogen-bond donors (Lipinski definition) is 1. The third kappa shape index (κ3) is 9.96. The highest BCUT2D eigenvalue weighted by molar-refractivity contribution is 4.57. The molecule has 0 saturated heterocycles. The van der Waals surface area contributed by atoms with Crippen LogP contribution in [0.2, 0.25) is 0 Å². The average molecular weight is 203 g/mol. The SMILES string of the molecule is CCCCOCCOCC(N)CCC. The highest BCUT2D eigenvalue weighted by Crippen LogP contribution is 1.94. The van der Waals surface area contributed by atoms with Crippen molar-refractivity contribution in [3.8, 4) is 0 Å². The fourth-order valence-electron chi connectivity index (χ4n) is 1.16. The van der Waals surface area contributed by atoms with Gasteiger partial charge in [0.05, 0.1) is 19.8 Å². The molecule has 1 atom stereocenters. The van der Waals surface area contributed by atoms with Crippen molar-refractivity contribution in [3.05, 3.63) is 0 Å². The van der Waals surface area contributed by atoms with Crippen LogP contribution in [0.5, 0.6) is 0 Å². The Balaban J connectivity index is 2.98. The van der Waals surface area contributed by atoms with E-state index in [1.54, 1.807) is 0 Å². The molecule has 0 aliphatic heterocycles. The van der Waals surface area contributed by atoms with Crippen LogP contribution < -0.4 is 5.73 Å². The molecule has 0 rings (SSSR count). The lowest BCUT2D eigenvalue weighted by Gasteiger charge is -2.10. The standard InChI is InChI=1S/C11H25NO2/c1-3-5-7-13-8-9-14-10-11(12)6-4-2/h11H,3-10,12H2,1-2H3. The van der Waals surface area contributed by atoms with E-state index < -0.39 is 0 Å². The lowest BCUT2D eigenvalue weighted by Crippen LogP contribution is -2.26. The maximum Gasteiger partial charge on any atom is 0.0701 e. The van der Waals surface area contributed by atoms with Crippen molar-refractivity contribution in [2.75, 3.05) is 26.4 Å². The topological polar surface area (TPSA) is 44.5 Å². The van der Waals surface area contributed by atoms with Crippen LogP contribution >= 0.6 is 0 Å². The van der Waals surface area contributed by atoms with Gasteiger partial charge in [-0.2, -0.15) is 0 Å². The van der Waals surface area contributed by atoms with Crippen molar-refractivity contribution in [1.29, 1.82) is 0 Å². The van der Waals surface area contributed by atoms with Crippen molar-refractivity contribution in [2.45, 2.75) is 45.6 Å². The maximum absolute atomic E-state index is 5.78. The van der Waals surface area contributed by atoms with Gasteiger partial charge in [0.25, 0.3) is 0 Å². The van der Waals surface area contributed by atoms with E-state index in [0.29, 0.717) is 19.8 Å². The highest BCUT2D eigenvalue weighted by Gasteiger charge is 1.99. The molecule has 0 bridgehead atoms. The molecule has 0 aliphatic rings. The minimum atomic E-state index is 0.190. The maximum atomic E-state index is 5.78. The first kappa shape index (κ1) is 13.9. The van der Waals surface area contributed by atoms with Gasteiger partial charge in [-0.15, -0.1) is 0 Å². The normalized spacial score (nSPS) is 13.1. The molecule has 0 aliphatic carbocycles. The average Bonchev–Trinajstić information content (AvgIpc) is 2.17. The Morgan fingerprint density at radius 3 is 2.36 bits per heavy atom. The van der Waals surface area contributed by atoms with Gasteiger partial charge >= 0.3 is 0 Å². The summed E-state index contributed by atoms with van der Waals surface area (Å²) in [5.41, 5.74) is 5.78. The van der Waals surface area contributed by atoms with E-state index >= 15 is 0 Å². The Morgan fingerprint density at radius 2 is 1.71 bits per heavy atom. The van der Waals surface area contributed by atoms with Crippen LogP contribution in [0.4, 0.5) is 0 Å². The smallest absolute Gasteiger partial charge is 0.0701 e. The summed E-state index contributed by atoms with van der Waals surface area (Å²) in [4.78, 5) is 0. The number of unbranched alkanes of at least 4 members (excludes halogenated alkanes) is 1. The molecule has 14 heavy (non-hydrogen) atoms. The summed E-state index contributed by atoms with van der Waals surface area (Å²) >= 11 is 0. The molecule has 0 aromatic carbocycles. The zero-order valence-corrected chi connectivity index (χ0v) is 9.63. The monoisotopic (exact) mass is 203 g/mol. The minimum absolute atomic E-state index is 0.190. The van der Waals surface area contributed by atoms with E-state index in [9.17, 15) is 0 Å². The van der Waals surface area contributed by atoms with Crippen LogP contribution in [0.3, 0.4) is 0 Å². The summed E-state index contributed by atoms with van der Waals surface area (Å²) in [6.45, 7) is 7.16. The lowest BCUT2D eigenvalue weighted by atomic mass is 10.2. The van der Waals surface area contributed by atoms with Gasteiger partial charge < -0.3 is 15.2 Å². The first-order chi connectivity index (χ1) is 6.81. The quantitative estimate of drug-likeness (QED) is 0.552. The van der Waals surface area contributed by atoms with E-state index in [-0.39, 0.29) is 6.04 Å². The second-order valence-corrected chi connectivity index (χ2v) is 3.59. The van der Waals surface area contributed by atoms with Crippen molar-refractivity contribution in [1.82, 2.24) is 0 Å². The Kier molecular flexibility index (Phi) is 10.9. The lowest BCUT2D eigenvalue weighted by molar-refractivity contribution is 0.0410. The van der Waals surface area contributed by atoms with E-state index in [4.69, 9.17) is 15.2 Å². The Morgan fingerprint density at radius 1 is 1.00 bits per heavy atom. The molecule has 0 radical (unpaired) electrons. The predicted molar refractivity (Wildman–Crippen MR) is 59.4 cm³/mol. The van der Waals surface area contributed by atoms with Gasteiger partial charge in [-0.25, -0.2) is 0 Å². The van der Waals surface area contributed by atoms with Crippen molar-refractivity contribution in [3.63, 3.8) is 0 Å². The van der Waals surface area contributed by atoms with Crippen LogP contribution in [0.25, 0.3) is 0 Å². The fourth-order valence-corrected chi connectivity index (χ4v) is 1.16. The van der Waals surface area contributed by atoms with Gasteiger partial charge in [0, 0.05) is 12.6 Å². The van der Waals surface area contributed by atoms with Gasteiger partial charge in [0.1, 0.15) is 0 Å². The van der Waals surface area contributed by atoms with Crippen LogP contribution in [0.1, 0.15) is 39.5 Å². The second-order valence-electron chi connectivity index (χ2n) is 3.59. The molecule has 3 nitrogen and oxygen atoms in total. The Labute approximate surface area is 88.0 Å². The van der Waals surface area contributed by atoms with E-state index in [1.165, 1.54) is 6.42 Å². The molecule has 3 heteroatoms. The van der Waals surface area contributed by atoms with E-state index in [2.05, 4.69) is 13.8 Å². The first-order valence-corrected chi connectivity index (χ1v) is 5.72.